The van der Waals surface area contributed by atoms with Crippen LogP contribution in [0.5, 0.6) is 0 Å². The van der Waals surface area contributed by atoms with E-state index in [4.69, 9.17) is 4.98 Å². The Morgan fingerprint density at radius 1 is 1.05 bits per heavy atom. The average molecular weight is 558 g/mol. The molecule has 0 radical (unpaired) electrons. The van der Waals surface area contributed by atoms with Crippen LogP contribution in [0.2, 0.25) is 0 Å². The van der Waals surface area contributed by atoms with Crippen molar-refractivity contribution in [1.29, 1.82) is 0 Å². The van der Waals surface area contributed by atoms with E-state index in [1.165, 1.54) is 0 Å². The molecule has 0 spiro atoms. The topological polar surface area (TPSA) is 94.5 Å². The lowest BCUT2D eigenvalue weighted by Gasteiger charge is -2.33. The summed E-state index contributed by atoms with van der Waals surface area (Å²) in [6, 6.07) is 10.6. The van der Waals surface area contributed by atoms with E-state index < -0.39 is 0 Å². The number of anilines is 1. The zero-order valence-corrected chi connectivity index (χ0v) is 25.1. The van der Waals surface area contributed by atoms with Gasteiger partial charge in [-0.2, -0.15) is 0 Å². The summed E-state index contributed by atoms with van der Waals surface area (Å²) in [6.45, 7) is 15.2. The van der Waals surface area contributed by atoms with E-state index >= 15 is 0 Å². The number of nitrogens with zero attached hydrogens (tertiary/aromatic N) is 4. The summed E-state index contributed by atoms with van der Waals surface area (Å²) in [7, 11) is 2.15. The van der Waals surface area contributed by atoms with Crippen molar-refractivity contribution in [1.82, 2.24) is 30.4 Å². The zero-order valence-electron chi connectivity index (χ0n) is 25.1. The number of aromatic nitrogens is 2. The highest BCUT2D eigenvalue weighted by atomic mass is 16.1. The Morgan fingerprint density at radius 3 is 2.44 bits per heavy atom. The predicted octanol–water partition coefficient (Wildman–Crippen LogP) is 4.30. The average Bonchev–Trinajstić information content (AvgIpc) is 3.40. The van der Waals surface area contributed by atoms with Crippen LogP contribution < -0.4 is 20.9 Å². The van der Waals surface area contributed by atoms with Crippen LogP contribution in [0.1, 0.15) is 51.0 Å². The fourth-order valence-electron chi connectivity index (χ4n) is 5.12. The number of likely N-dealkylation sites (N-methyl/N-ethyl adjacent to an activating group) is 2. The van der Waals surface area contributed by atoms with Gasteiger partial charge < -0.3 is 30.3 Å². The number of piperazine rings is 1. The summed E-state index contributed by atoms with van der Waals surface area (Å²) in [6.07, 6.45) is 6.49. The number of carbonyl (C=O) groups is 2. The van der Waals surface area contributed by atoms with E-state index in [9.17, 15) is 9.59 Å². The van der Waals surface area contributed by atoms with Gasteiger partial charge in [-0.25, -0.2) is 4.98 Å². The number of fused-ring (bicyclic) bond motifs is 1. The first-order valence-electron chi connectivity index (χ1n) is 14.4. The third kappa shape index (κ3) is 7.16. The van der Waals surface area contributed by atoms with Gasteiger partial charge in [0.25, 0.3) is 5.91 Å². The Hall–Kier alpha value is -4.11. The number of carbonyl (C=O) groups excluding carboxylic acids is 2. The molecular weight excluding hydrogens is 514 g/mol. The predicted molar refractivity (Wildman–Crippen MR) is 167 cm³/mol. The fourth-order valence-corrected chi connectivity index (χ4v) is 5.12. The number of amides is 2. The van der Waals surface area contributed by atoms with Crippen molar-refractivity contribution < 1.29 is 9.59 Å². The highest BCUT2D eigenvalue weighted by molar-refractivity contribution is 6.08. The molecule has 9 nitrogen and oxygen atoms in total. The maximum Gasteiger partial charge on any atom is 0.252 e. The highest BCUT2D eigenvalue weighted by Gasteiger charge is 2.18. The number of hydrogen-bond acceptors (Lipinski definition) is 6. The summed E-state index contributed by atoms with van der Waals surface area (Å²) in [5.41, 5.74) is 6.14. The molecule has 0 bridgehead atoms. The number of hydrogen-bond donors (Lipinski definition) is 3. The molecule has 9 heteroatoms. The number of pyridine rings is 1. The standard InChI is InChI=1S/C32H43N7O2/c1-7-33-29(16-24(5)36-21-40)23(4)19-35-32(41)28-17-26(18-30-27(28)10-11-39(30)22(2)3)25-8-9-31(34-20-25)38-14-12-37(6)13-15-38/h8-11,16-18,20-22,33H,7,12-15,19H2,1-6H3,(H,35,41)(H,36,40)/b24-16-,29-23-. The number of allylic oxidation sites excluding steroid dienone is 2. The summed E-state index contributed by atoms with van der Waals surface area (Å²) >= 11 is 0. The number of rotatable bonds is 11. The maximum atomic E-state index is 13.7. The molecule has 0 aliphatic carbocycles. The molecule has 1 saturated heterocycles. The third-order valence-corrected chi connectivity index (χ3v) is 7.54. The Bertz CT molecular complexity index is 1430. The third-order valence-electron chi connectivity index (χ3n) is 7.54. The molecule has 4 rings (SSSR count). The van der Waals surface area contributed by atoms with Crippen LogP contribution in [0.3, 0.4) is 0 Å². The molecule has 0 saturated carbocycles. The van der Waals surface area contributed by atoms with Crippen molar-refractivity contribution in [3.05, 3.63) is 71.3 Å². The lowest BCUT2D eigenvalue weighted by molar-refractivity contribution is -0.108. The van der Waals surface area contributed by atoms with E-state index in [1.807, 2.05) is 51.4 Å². The first kappa shape index (κ1) is 29.9. The smallest absolute Gasteiger partial charge is 0.252 e. The monoisotopic (exact) mass is 557 g/mol. The molecule has 3 aromatic rings. The highest BCUT2D eigenvalue weighted by Crippen LogP contribution is 2.31. The fraction of sp³-hybridized carbons (Fsp3) is 0.406. The molecule has 3 heterocycles. The van der Waals surface area contributed by atoms with E-state index in [2.05, 4.69) is 69.4 Å². The summed E-state index contributed by atoms with van der Waals surface area (Å²) < 4.78 is 2.20. The summed E-state index contributed by atoms with van der Waals surface area (Å²) in [5.74, 6) is 0.847. The summed E-state index contributed by atoms with van der Waals surface area (Å²) in [4.78, 5) is 33.9. The van der Waals surface area contributed by atoms with Crippen LogP contribution in [-0.4, -0.2) is 73.1 Å². The van der Waals surface area contributed by atoms with Crippen LogP contribution in [0.25, 0.3) is 22.0 Å². The molecule has 41 heavy (non-hydrogen) atoms. The minimum Gasteiger partial charge on any atom is -0.385 e. The van der Waals surface area contributed by atoms with Crippen LogP contribution in [0.15, 0.2) is 65.8 Å². The van der Waals surface area contributed by atoms with Gasteiger partial charge in [-0.05, 0) is 89.2 Å². The molecule has 0 atom stereocenters. The molecule has 1 fully saturated rings. The molecule has 3 N–H and O–H groups in total. The van der Waals surface area contributed by atoms with Crippen LogP contribution in [0.4, 0.5) is 5.82 Å². The van der Waals surface area contributed by atoms with Crippen LogP contribution >= 0.6 is 0 Å². The molecule has 1 aliphatic heterocycles. The van der Waals surface area contributed by atoms with Gasteiger partial charge in [0.15, 0.2) is 0 Å². The Balaban J connectivity index is 1.64. The van der Waals surface area contributed by atoms with Gasteiger partial charge in [0.1, 0.15) is 5.82 Å². The zero-order chi connectivity index (χ0) is 29.5. The lowest BCUT2D eigenvalue weighted by Crippen LogP contribution is -2.44. The quantitative estimate of drug-likeness (QED) is 0.240. The molecule has 1 aliphatic rings. The van der Waals surface area contributed by atoms with E-state index in [0.717, 1.165) is 77.5 Å². The van der Waals surface area contributed by atoms with Crippen molar-refractivity contribution >= 4 is 29.0 Å². The normalized spacial score (nSPS) is 15.2. The van der Waals surface area contributed by atoms with Gasteiger partial charge in [0, 0.05) is 91.1 Å². The number of benzene rings is 1. The minimum absolute atomic E-state index is 0.137. The second-order valence-corrected chi connectivity index (χ2v) is 11.0. The molecular formula is C32H43N7O2. The largest absolute Gasteiger partial charge is 0.385 e. The Labute approximate surface area is 243 Å². The van der Waals surface area contributed by atoms with E-state index in [1.54, 1.807) is 0 Å². The van der Waals surface area contributed by atoms with Crippen LogP contribution in [-0.2, 0) is 4.79 Å². The Morgan fingerprint density at radius 2 is 1.80 bits per heavy atom. The van der Waals surface area contributed by atoms with Crippen molar-refractivity contribution in [2.75, 3.05) is 51.2 Å². The molecule has 1 aromatic carbocycles. The van der Waals surface area contributed by atoms with Gasteiger partial charge in [0.2, 0.25) is 6.41 Å². The van der Waals surface area contributed by atoms with Gasteiger partial charge in [-0.3, -0.25) is 9.59 Å². The van der Waals surface area contributed by atoms with Crippen LogP contribution in [0, 0.1) is 0 Å². The first-order valence-corrected chi connectivity index (χ1v) is 14.4. The SMILES string of the molecule is CCNC(/C=C(/C)NC=O)=C(/C)CNC(=O)c1cc(-c2ccc(N3CCN(C)CC3)nc2)cc2c1ccn2C(C)C. The lowest BCUT2D eigenvalue weighted by atomic mass is 10.0. The summed E-state index contributed by atoms with van der Waals surface area (Å²) in [5, 5.41) is 10.0. The molecule has 2 aromatic heterocycles. The van der Waals surface area contributed by atoms with E-state index in [-0.39, 0.29) is 11.9 Å². The van der Waals surface area contributed by atoms with Crippen molar-refractivity contribution in [2.24, 2.45) is 0 Å². The first-order chi connectivity index (χ1) is 19.7. The molecule has 2 amide bonds. The van der Waals surface area contributed by atoms with Crippen molar-refractivity contribution in [2.45, 2.75) is 40.7 Å². The van der Waals surface area contributed by atoms with E-state index in [0.29, 0.717) is 18.5 Å². The van der Waals surface area contributed by atoms with Gasteiger partial charge in [-0.1, -0.05) is 0 Å². The Kier molecular flexibility index (Phi) is 9.83. The second-order valence-electron chi connectivity index (χ2n) is 11.0. The molecule has 218 valence electrons. The minimum atomic E-state index is -0.137. The second kappa shape index (κ2) is 13.5. The number of nitrogens with one attached hydrogen (secondary N) is 3. The van der Waals surface area contributed by atoms with Gasteiger partial charge in [0.05, 0.1) is 0 Å². The van der Waals surface area contributed by atoms with Gasteiger partial charge in [-0.15, -0.1) is 0 Å². The molecule has 0 unspecified atom stereocenters. The van der Waals surface area contributed by atoms with Crippen molar-refractivity contribution in [3.8, 4) is 11.1 Å². The maximum absolute atomic E-state index is 13.7. The van der Waals surface area contributed by atoms with Gasteiger partial charge >= 0.3 is 0 Å². The van der Waals surface area contributed by atoms with Crippen molar-refractivity contribution in [3.63, 3.8) is 0 Å².